The third kappa shape index (κ3) is 1.97. The molecule has 2 aromatic rings. The number of hydrogen-bond acceptors (Lipinski definition) is 4. The summed E-state index contributed by atoms with van der Waals surface area (Å²) in [4.78, 5) is 9.48. The van der Waals surface area contributed by atoms with E-state index in [-0.39, 0.29) is 0 Å². The van der Waals surface area contributed by atoms with Crippen LogP contribution >= 0.6 is 0 Å². The SMILES string of the molecule is CN1CCN(c2ccc3nc4c(n3n2)CCCC4)CC1. The maximum Gasteiger partial charge on any atom is 0.154 e. The minimum atomic E-state index is 1.01. The molecular formula is C15H21N5. The lowest BCUT2D eigenvalue weighted by molar-refractivity contribution is 0.311. The molecule has 0 radical (unpaired) electrons. The van der Waals surface area contributed by atoms with Crippen molar-refractivity contribution in [1.82, 2.24) is 19.5 Å². The summed E-state index contributed by atoms with van der Waals surface area (Å²) < 4.78 is 2.09. The van der Waals surface area contributed by atoms with Crippen LogP contribution in [0.1, 0.15) is 24.2 Å². The van der Waals surface area contributed by atoms with Crippen molar-refractivity contribution in [3.8, 4) is 0 Å². The van der Waals surface area contributed by atoms with Gasteiger partial charge in [-0.2, -0.15) is 0 Å². The Kier molecular flexibility index (Phi) is 2.88. The molecular weight excluding hydrogens is 250 g/mol. The van der Waals surface area contributed by atoms with Crippen molar-refractivity contribution in [3.05, 3.63) is 23.5 Å². The molecule has 2 aliphatic rings. The molecule has 1 aliphatic carbocycles. The van der Waals surface area contributed by atoms with Gasteiger partial charge >= 0.3 is 0 Å². The lowest BCUT2D eigenvalue weighted by Gasteiger charge is -2.33. The molecule has 0 unspecified atom stereocenters. The fraction of sp³-hybridized carbons (Fsp3) is 0.600. The van der Waals surface area contributed by atoms with Crippen LogP contribution in [-0.4, -0.2) is 52.7 Å². The van der Waals surface area contributed by atoms with Gasteiger partial charge in [0.15, 0.2) is 5.65 Å². The second kappa shape index (κ2) is 4.74. The summed E-state index contributed by atoms with van der Waals surface area (Å²) in [6, 6.07) is 4.25. The zero-order valence-electron chi connectivity index (χ0n) is 12.0. The maximum atomic E-state index is 4.86. The van der Waals surface area contributed by atoms with E-state index in [0.717, 1.165) is 50.5 Å². The van der Waals surface area contributed by atoms with Crippen molar-refractivity contribution in [2.75, 3.05) is 38.1 Å². The molecule has 5 nitrogen and oxygen atoms in total. The molecule has 106 valence electrons. The highest BCUT2D eigenvalue weighted by atomic mass is 15.4. The van der Waals surface area contributed by atoms with E-state index < -0.39 is 0 Å². The minimum absolute atomic E-state index is 1.01. The van der Waals surface area contributed by atoms with Crippen LogP contribution in [0, 0.1) is 0 Å². The second-order valence-corrected chi connectivity index (χ2v) is 5.96. The van der Waals surface area contributed by atoms with Gasteiger partial charge < -0.3 is 9.80 Å². The average Bonchev–Trinajstić information content (AvgIpc) is 2.86. The van der Waals surface area contributed by atoms with Gasteiger partial charge in [0.05, 0.1) is 11.4 Å². The Labute approximate surface area is 119 Å². The monoisotopic (exact) mass is 271 g/mol. The molecule has 1 saturated heterocycles. The Bertz CT molecular complexity index is 624. The number of rotatable bonds is 1. The van der Waals surface area contributed by atoms with Gasteiger partial charge in [0, 0.05) is 26.2 Å². The summed E-state index contributed by atoms with van der Waals surface area (Å²) >= 11 is 0. The summed E-state index contributed by atoms with van der Waals surface area (Å²) in [5.41, 5.74) is 3.61. The van der Waals surface area contributed by atoms with Crippen LogP contribution in [0.25, 0.3) is 5.65 Å². The molecule has 1 fully saturated rings. The van der Waals surface area contributed by atoms with Crippen LogP contribution in [-0.2, 0) is 12.8 Å². The molecule has 4 rings (SSSR count). The van der Waals surface area contributed by atoms with Gasteiger partial charge in [-0.05, 0) is 44.9 Å². The van der Waals surface area contributed by atoms with E-state index in [1.165, 1.54) is 24.2 Å². The molecule has 2 aromatic heterocycles. The smallest absolute Gasteiger partial charge is 0.154 e. The normalized spacial score (nSPS) is 20.4. The summed E-state index contributed by atoms with van der Waals surface area (Å²) in [7, 11) is 2.18. The average molecular weight is 271 g/mol. The predicted octanol–water partition coefficient (Wildman–Crippen LogP) is 1.36. The summed E-state index contributed by atoms with van der Waals surface area (Å²) in [6.07, 6.45) is 4.77. The minimum Gasteiger partial charge on any atom is -0.353 e. The molecule has 1 aliphatic heterocycles. The summed E-state index contributed by atoms with van der Waals surface area (Å²) in [5, 5.41) is 4.86. The van der Waals surface area contributed by atoms with E-state index in [9.17, 15) is 0 Å². The Balaban J connectivity index is 1.71. The molecule has 0 atom stereocenters. The highest BCUT2D eigenvalue weighted by molar-refractivity contribution is 5.49. The highest BCUT2D eigenvalue weighted by Crippen LogP contribution is 2.23. The van der Waals surface area contributed by atoms with Crippen molar-refractivity contribution in [1.29, 1.82) is 0 Å². The third-order valence-corrected chi connectivity index (χ3v) is 4.54. The number of piperazine rings is 1. The fourth-order valence-corrected chi connectivity index (χ4v) is 3.25. The predicted molar refractivity (Wildman–Crippen MR) is 79.3 cm³/mol. The number of hydrogen-bond donors (Lipinski definition) is 0. The van der Waals surface area contributed by atoms with Crippen LogP contribution in [0.4, 0.5) is 5.82 Å². The largest absolute Gasteiger partial charge is 0.353 e. The van der Waals surface area contributed by atoms with E-state index in [1.54, 1.807) is 0 Å². The zero-order valence-corrected chi connectivity index (χ0v) is 12.0. The van der Waals surface area contributed by atoms with Gasteiger partial charge in [-0.3, -0.25) is 0 Å². The van der Waals surface area contributed by atoms with Crippen molar-refractivity contribution in [2.45, 2.75) is 25.7 Å². The summed E-state index contributed by atoms with van der Waals surface area (Å²) in [5.74, 6) is 1.09. The number of nitrogens with zero attached hydrogens (tertiary/aromatic N) is 5. The molecule has 0 N–H and O–H groups in total. The highest BCUT2D eigenvalue weighted by Gasteiger charge is 2.19. The van der Waals surface area contributed by atoms with E-state index >= 15 is 0 Å². The first-order valence-electron chi connectivity index (χ1n) is 7.62. The lowest BCUT2D eigenvalue weighted by atomic mass is 10.0. The fourth-order valence-electron chi connectivity index (χ4n) is 3.25. The van der Waals surface area contributed by atoms with Crippen molar-refractivity contribution < 1.29 is 0 Å². The van der Waals surface area contributed by atoms with Crippen LogP contribution in [0.5, 0.6) is 0 Å². The van der Waals surface area contributed by atoms with Crippen LogP contribution in [0.3, 0.4) is 0 Å². The molecule has 0 aromatic carbocycles. The Morgan fingerprint density at radius 2 is 1.80 bits per heavy atom. The van der Waals surface area contributed by atoms with E-state index in [4.69, 9.17) is 10.1 Å². The molecule has 0 bridgehead atoms. The maximum absolute atomic E-state index is 4.86. The molecule has 0 spiro atoms. The van der Waals surface area contributed by atoms with E-state index in [1.807, 2.05) is 0 Å². The molecule has 3 heterocycles. The third-order valence-electron chi connectivity index (χ3n) is 4.54. The van der Waals surface area contributed by atoms with Crippen LogP contribution in [0.15, 0.2) is 12.1 Å². The zero-order chi connectivity index (χ0) is 13.5. The number of aryl methyl sites for hydroxylation is 2. The number of aromatic nitrogens is 3. The van der Waals surface area contributed by atoms with Crippen LogP contribution < -0.4 is 4.90 Å². The van der Waals surface area contributed by atoms with E-state index in [0.29, 0.717) is 0 Å². The van der Waals surface area contributed by atoms with Gasteiger partial charge in [0.2, 0.25) is 0 Å². The standard InChI is InChI=1S/C15H21N5/c1-18-8-10-19(11-9-18)15-7-6-14-16-12-4-2-3-5-13(12)20(14)17-15/h6-7H,2-5,8-11H2,1H3. The number of imidazole rings is 1. The van der Waals surface area contributed by atoms with E-state index in [2.05, 4.69) is 33.5 Å². The topological polar surface area (TPSA) is 36.7 Å². The lowest BCUT2D eigenvalue weighted by Crippen LogP contribution is -2.45. The molecule has 20 heavy (non-hydrogen) atoms. The van der Waals surface area contributed by atoms with Gasteiger partial charge in [-0.25, -0.2) is 9.50 Å². The number of likely N-dealkylation sites (N-methyl/N-ethyl adjacent to an activating group) is 1. The van der Waals surface area contributed by atoms with Gasteiger partial charge in [0.25, 0.3) is 0 Å². The van der Waals surface area contributed by atoms with Crippen molar-refractivity contribution >= 4 is 11.5 Å². The first-order chi connectivity index (χ1) is 9.81. The molecule has 0 saturated carbocycles. The second-order valence-electron chi connectivity index (χ2n) is 5.96. The molecule has 0 amide bonds. The summed E-state index contributed by atoms with van der Waals surface area (Å²) in [6.45, 7) is 4.35. The molecule has 5 heteroatoms. The number of fused-ring (bicyclic) bond motifs is 3. The first kappa shape index (κ1) is 12.1. The first-order valence-corrected chi connectivity index (χ1v) is 7.62. The Hall–Kier alpha value is -1.62. The van der Waals surface area contributed by atoms with Gasteiger partial charge in [0.1, 0.15) is 5.82 Å². The van der Waals surface area contributed by atoms with Crippen molar-refractivity contribution in [2.24, 2.45) is 0 Å². The quantitative estimate of drug-likeness (QED) is 0.785. The Morgan fingerprint density at radius 1 is 1.00 bits per heavy atom. The van der Waals surface area contributed by atoms with Gasteiger partial charge in [-0.15, -0.1) is 5.10 Å². The van der Waals surface area contributed by atoms with Crippen molar-refractivity contribution in [3.63, 3.8) is 0 Å². The van der Waals surface area contributed by atoms with Gasteiger partial charge in [-0.1, -0.05) is 0 Å². The number of anilines is 1. The van der Waals surface area contributed by atoms with Crippen LogP contribution in [0.2, 0.25) is 0 Å². The Morgan fingerprint density at radius 3 is 2.65 bits per heavy atom.